The Hall–Kier alpha value is -0.340. The molecular weight excluding hydrogens is 198 g/mol. The lowest BCUT2D eigenvalue weighted by atomic mass is 9.91. The highest BCUT2D eigenvalue weighted by Crippen LogP contribution is 2.35. The van der Waals surface area contributed by atoms with Crippen molar-refractivity contribution in [3.63, 3.8) is 0 Å². The topological polar surface area (TPSA) is 32.3 Å². The van der Waals surface area contributed by atoms with Crippen LogP contribution in [-0.4, -0.2) is 23.3 Å². The van der Waals surface area contributed by atoms with Crippen LogP contribution < -0.4 is 5.32 Å². The van der Waals surface area contributed by atoms with Crippen LogP contribution in [0.15, 0.2) is 12.7 Å². The molecule has 0 aromatic carbocycles. The molecule has 1 atom stereocenters. The summed E-state index contributed by atoms with van der Waals surface area (Å²) in [5.74, 6) is 0.923. The highest BCUT2D eigenvalue weighted by Gasteiger charge is 2.32. The number of rotatable bonds is 6. The maximum atomic E-state index is 9.48. The van der Waals surface area contributed by atoms with Gasteiger partial charge in [0.25, 0.3) is 0 Å². The van der Waals surface area contributed by atoms with E-state index in [1.54, 1.807) is 0 Å². The maximum absolute atomic E-state index is 9.48. The van der Waals surface area contributed by atoms with Gasteiger partial charge in [-0.1, -0.05) is 6.08 Å². The lowest BCUT2D eigenvalue weighted by molar-refractivity contribution is 0.113. The molecule has 1 unspecified atom stereocenters. The van der Waals surface area contributed by atoms with E-state index < -0.39 is 0 Å². The van der Waals surface area contributed by atoms with Crippen LogP contribution in [-0.2, 0) is 0 Å². The van der Waals surface area contributed by atoms with Crippen molar-refractivity contribution >= 4 is 0 Å². The van der Waals surface area contributed by atoms with Crippen molar-refractivity contribution in [1.82, 2.24) is 5.32 Å². The molecule has 2 saturated carbocycles. The van der Waals surface area contributed by atoms with Gasteiger partial charge in [-0.05, 0) is 57.3 Å². The summed E-state index contributed by atoms with van der Waals surface area (Å²) < 4.78 is 0. The monoisotopic (exact) mass is 223 g/mol. The molecule has 0 heterocycles. The molecule has 0 spiro atoms. The van der Waals surface area contributed by atoms with Gasteiger partial charge < -0.3 is 10.4 Å². The zero-order valence-electron chi connectivity index (χ0n) is 10.2. The average molecular weight is 223 g/mol. The maximum Gasteiger partial charge on any atom is 0.0541 e. The fourth-order valence-corrected chi connectivity index (χ4v) is 2.80. The molecule has 0 saturated heterocycles. The smallest absolute Gasteiger partial charge is 0.0541 e. The first-order valence-corrected chi connectivity index (χ1v) is 6.84. The molecule has 2 aliphatic rings. The van der Waals surface area contributed by atoms with Crippen LogP contribution in [0.25, 0.3) is 0 Å². The van der Waals surface area contributed by atoms with Crippen molar-refractivity contribution < 1.29 is 5.11 Å². The molecule has 2 N–H and O–H groups in total. The number of hydrogen-bond donors (Lipinski definition) is 2. The van der Waals surface area contributed by atoms with Gasteiger partial charge in [-0.15, -0.1) is 6.58 Å². The number of hydrogen-bond acceptors (Lipinski definition) is 2. The zero-order valence-corrected chi connectivity index (χ0v) is 10.2. The third-order valence-electron chi connectivity index (χ3n) is 4.02. The number of allylic oxidation sites excluding steroid dienone is 1. The fourth-order valence-electron chi connectivity index (χ4n) is 2.80. The van der Waals surface area contributed by atoms with Crippen molar-refractivity contribution in [3.8, 4) is 0 Å². The van der Waals surface area contributed by atoms with E-state index in [0.717, 1.165) is 38.0 Å². The summed E-state index contributed by atoms with van der Waals surface area (Å²) in [6.45, 7) is 3.81. The normalized spacial score (nSPS) is 32.3. The molecule has 0 radical (unpaired) electrons. The molecule has 2 fully saturated rings. The minimum Gasteiger partial charge on any atom is -0.393 e. The van der Waals surface area contributed by atoms with E-state index >= 15 is 0 Å². The largest absolute Gasteiger partial charge is 0.393 e. The highest BCUT2D eigenvalue weighted by molar-refractivity contribution is 4.91. The van der Waals surface area contributed by atoms with Crippen LogP contribution in [0.4, 0.5) is 0 Å². The van der Waals surface area contributed by atoms with Crippen molar-refractivity contribution in [1.29, 1.82) is 0 Å². The predicted molar refractivity (Wildman–Crippen MR) is 67.3 cm³/mol. The van der Waals surface area contributed by atoms with Crippen molar-refractivity contribution in [3.05, 3.63) is 12.7 Å². The molecule has 2 heteroatoms. The van der Waals surface area contributed by atoms with E-state index in [2.05, 4.69) is 11.9 Å². The molecule has 2 aliphatic carbocycles. The summed E-state index contributed by atoms with van der Waals surface area (Å²) in [5, 5.41) is 13.3. The molecule has 16 heavy (non-hydrogen) atoms. The van der Waals surface area contributed by atoms with Crippen LogP contribution in [0.1, 0.15) is 51.4 Å². The van der Waals surface area contributed by atoms with Crippen molar-refractivity contribution in [2.75, 3.05) is 0 Å². The van der Waals surface area contributed by atoms with E-state index in [0.29, 0.717) is 12.1 Å². The summed E-state index contributed by atoms with van der Waals surface area (Å²) in [6.07, 6.45) is 11.4. The van der Waals surface area contributed by atoms with E-state index in [4.69, 9.17) is 0 Å². The third kappa shape index (κ3) is 3.60. The zero-order chi connectivity index (χ0) is 11.4. The first-order chi connectivity index (χ1) is 7.79. The second-order valence-corrected chi connectivity index (χ2v) is 5.48. The Bertz CT molecular complexity index is 217. The molecule has 0 amide bonds. The van der Waals surface area contributed by atoms with Crippen LogP contribution in [0.5, 0.6) is 0 Å². The lowest BCUT2D eigenvalue weighted by Gasteiger charge is -2.30. The predicted octanol–water partition coefficient (Wildman–Crippen LogP) is 2.62. The quantitative estimate of drug-likeness (QED) is 0.678. The van der Waals surface area contributed by atoms with Crippen molar-refractivity contribution in [2.45, 2.75) is 69.6 Å². The van der Waals surface area contributed by atoms with Gasteiger partial charge in [0.15, 0.2) is 0 Å². The van der Waals surface area contributed by atoms with Gasteiger partial charge in [-0.3, -0.25) is 0 Å². The molecule has 0 aliphatic heterocycles. The van der Waals surface area contributed by atoms with Crippen LogP contribution in [0.3, 0.4) is 0 Å². The van der Waals surface area contributed by atoms with Gasteiger partial charge >= 0.3 is 0 Å². The van der Waals surface area contributed by atoms with Crippen LogP contribution in [0.2, 0.25) is 0 Å². The Balaban J connectivity index is 1.74. The molecule has 2 rings (SSSR count). The first kappa shape index (κ1) is 12.1. The SMILES string of the molecule is C=CCCC(NC1CCC(O)CC1)C1CC1. The summed E-state index contributed by atoms with van der Waals surface area (Å²) in [7, 11) is 0. The molecular formula is C14H25NO. The molecule has 0 aromatic rings. The van der Waals surface area contributed by atoms with Gasteiger partial charge in [0.1, 0.15) is 0 Å². The minimum absolute atomic E-state index is 0.0365. The Morgan fingerprint density at radius 2 is 1.88 bits per heavy atom. The van der Waals surface area contributed by atoms with Gasteiger partial charge in [-0.25, -0.2) is 0 Å². The van der Waals surface area contributed by atoms with Crippen LogP contribution >= 0.6 is 0 Å². The summed E-state index contributed by atoms with van der Waals surface area (Å²) in [5.41, 5.74) is 0. The van der Waals surface area contributed by atoms with Gasteiger partial charge in [-0.2, -0.15) is 0 Å². The second kappa shape index (κ2) is 5.83. The van der Waals surface area contributed by atoms with E-state index in [1.807, 2.05) is 6.08 Å². The third-order valence-corrected chi connectivity index (χ3v) is 4.02. The molecule has 0 aromatic heterocycles. The van der Waals surface area contributed by atoms with E-state index in [1.165, 1.54) is 19.3 Å². The number of nitrogens with one attached hydrogen (secondary N) is 1. The first-order valence-electron chi connectivity index (χ1n) is 6.84. The summed E-state index contributed by atoms with van der Waals surface area (Å²) in [6, 6.07) is 1.36. The number of aliphatic hydroxyl groups excluding tert-OH is 1. The standard InChI is InChI=1S/C14H25NO/c1-2-3-4-14(11-5-6-11)15-12-7-9-13(16)10-8-12/h2,11-16H,1,3-10H2. The Morgan fingerprint density at radius 3 is 2.44 bits per heavy atom. The van der Waals surface area contributed by atoms with Gasteiger partial charge in [0, 0.05) is 12.1 Å². The van der Waals surface area contributed by atoms with Crippen molar-refractivity contribution in [2.24, 2.45) is 5.92 Å². The van der Waals surface area contributed by atoms with Crippen LogP contribution in [0, 0.1) is 5.92 Å². The molecule has 2 nitrogen and oxygen atoms in total. The second-order valence-electron chi connectivity index (χ2n) is 5.48. The summed E-state index contributed by atoms with van der Waals surface area (Å²) >= 11 is 0. The fraction of sp³-hybridized carbons (Fsp3) is 0.857. The number of aliphatic hydroxyl groups is 1. The minimum atomic E-state index is -0.0365. The molecule has 92 valence electrons. The Labute approximate surface area is 99.1 Å². The Morgan fingerprint density at radius 1 is 1.19 bits per heavy atom. The highest BCUT2D eigenvalue weighted by atomic mass is 16.3. The van der Waals surface area contributed by atoms with E-state index in [-0.39, 0.29) is 6.10 Å². The average Bonchev–Trinajstić information content (AvgIpc) is 3.11. The summed E-state index contributed by atoms with van der Waals surface area (Å²) in [4.78, 5) is 0. The van der Waals surface area contributed by atoms with Gasteiger partial charge in [0.2, 0.25) is 0 Å². The molecule has 0 bridgehead atoms. The Kier molecular flexibility index (Phi) is 4.42. The lowest BCUT2D eigenvalue weighted by Crippen LogP contribution is -2.42. The van der Waals surface area contributed by atoms with E-state index in [9.17, 15) is 5.11 Å². The van der Waals surface area contributed by atoms with Gasteiger partial charge in [0.05, 0.1) is 6.10 Å².